The summed E-state index contributed by atoms with van der Waals surface area (Å²) in [6.45, 7) is 1.33. The van der Waals surface area contributed by atoms with Crippen LogP contribution in [-0.4, -0.2) is 12.6 Å². The van der Waals surface area contributed by atoms with Gasteiger partial charge in [0.05, 0.1) is 0 Å². The molecule has 1 nitrogen and oxygen atoms in total. The zero-order valence-corrected chi connectivity index (χ0v) is 7.76. The summed E-state index contributed by atoms with van der Waals surface area (Å²) in [6, 6.07) is 0.921. The molecule has 0 aromatic rings. The van der Waals surface area contributed by atoms with Crippen LogP contribution in [-0.2, 0) is 0 Å². The van der Waals surface area contributed by atoms with Gasteiger partial charge in [0.1, 0.15) is 0 Å². The molecule has 0 radical (unpaired) electrons. The predicted octanol–water partition coefficient (Wildman–Crippen LogP) is 2.17. The maximum absolute atomic E-state index is 3.77. The minimum Gasteiger partial charge on any atom is -0.313 e. The van der Waals surface area contributed by atoms with Gasteiger partial charge in [0.15, 0.2) is 0 Å². The highest BCUT2D eigenvalue weighted by Crippen LogP contribution is 2.44. The van der Waals surface area contributed by atoms with Crippen molar-refractivity contribution in [2.24, 2.45) is 17.8 Å². The van der Waals surface area contributed by atoms with E-state index in [1.54, 1.807) is 6.42 Å². The molecule has 0 aromatic heterocycles. The van der Waals surface area contributed by atoms with Gasteiger partial charge in [0.25, 0.3) is 0 Å². The van der Waals surface area contributed by atoms with Gasteiger partial charge >= 0.3 is 0 Å². The van der Waals surface area contributed by atoms with Gasteiger partial charge in [-0.2, -0.15) is 0 Å². The Morgan fingerprint density at radius 1 is 1.00 bits per heavy atom. The van der Waals surface area contributed by atoms with E-state index < -0.39 is 0 Å². The molecule has 0 saturated heterocycles. The highest BCUT2D eigenvalue weighted by atomic mass is 14.9. The Labute approximate surface area is 74.9 Å². The molecule has 68 valence electrons. The van der Waals surface area contributed by atoms with Gasteiger partial charge in [0, 0.05) is 6.04 Å². The lowest BCUT2D eigenvalue weighted by Crippen LogP contribution is -2.35. The van der Waals surface area contributed by atoms with Crippen molar-refractivity contribution >= 4 is 0 Å². The van der Waals surface area contributed by atoms with Crippen LogP contribution in [0.2, 0.25) is 0 Å². The number of hydrogen-bond acceptors (Lipinski definition) is 1. The van der Waals surface area contributed by atoms with Crippen LogP contribution < -0.4 is 5.32 Å². The molecule has 0 aliphatic heterocycles. The molecule has 0 aromatic carbocycles. The molecular formula is C11H19N. The molecule has 3 fully saturated rings. The quantitative estimate of drug-likeness (QED) is 0.676. The third kappa shape index (κ3) is 1.28. The number of nitrogens with one attached hydrogen (secondary N) is 1. The van der Waals surface area contributed by atoms with E-state index >= 15 is 0 Å². The third-order valence-corrected chi connectivity index (χ3v) is 4.10. The van der Waals surface area contributed by atoms with Crippen molar-refractivity contribution in [3.8, 4) is 0 Å². The molecule has 1 N–H and O–H groups in total. The van der Waals surface area contributed by atoms with Crippen LogP contribution in [0.3, 0.4) is 0 Å². The van der Waals surface area contributed by atoms with E-state index in [-0.39, 0.29) is 0 Å². The van der Waals surface area contributed by atoms with Crippen LogP contribution in [0.5, 0.6) is 0 Å². The molecule has 3 rings (SSSR count). The van der Waals surface area contributed by atoms with Gasteiger partial charge in [-0.25, -0.2) is 0 Å². The van der Waals surface area contributed by atoms with Gasteiger partial charge in [-0.15, -0.1) is 0 Å². The molecule has 0 spiro atoms. The summed E-state index contributed by atoms with van der Waals surface area (Å²) in [4.78, 5) is 0. The largest absolute Gasteiger partial charge is 0.313 e. The minimum absolute atomic E-state index is 0.921. The second kappa shape index (κ2) is 2.73. The molecule has 3 atom stereocenters. The number of fused-ring (bicyclic) bond motifs is 2. The second-order valence-corrected chi connectivity index (χ2v) is 5.13. The van der Waals surface area contributed by atoms with E-state index in [1.165, 1.54) is 38.6 Å². The average Bonchev–Trinajstić information content (AvgIpc) is 2.69. The lowest BCUT2D eigenvalue weighted by molar-refractivity contribution is 0.348. The fourth-order valence-electron chi connectivity index (χ4n) is 3.13. The topological polar surface area (TPSA) is 12.0 Å². The Bertz CT molecular complexity index is 174. The Balaban J connectivity index is 1.50. The van der Waals surface area contributed by atoms with Gasteiger partial charge in [-0.1, -0.05) is 6.42 Å². The van der Waals surface area contributed by atoms with Crippen molar-refractivity contribution in [1.82, 2.24) is 5.32 Å². The summed E-state index contributed by atoms with van der Waals surface area (Å²) in [5, 5.41) is 3.77. The maximum Gasteiger partial charge on any atom is 0.00981 e. The van der Waals surface area contributed by atoms with Crippen LogP contribution in [0.25, 0.3) is 0 Å². The first-order valence-electron chi connectivity index (χ1n) is 5.65. The molecule has 12 heavy (non-hydrogen) atoms. The summed E-state index contributed by atoms with van der Waals surface area (Å²) in [5.74, 6) is 3.23. The summed E-state index contributed by atoms with van der Waals surface area (Å²) in [5.41, 5.74) is 0. The SMILES string of the molecule is C1CC1CN[C@@H]1C[C@H]2CC[C@H]1C2. The van der Waals surface area contributed by atoms with E-state index in [9.17, 15) is 0 Å². The molecule has 0 heterocycles. The molecule has 3 saturated carbocycles. The first-order valence-corrected chi connectivity index (χ1v) is 5.65. The van der Waals surface area contributed by atoms with Crippen molar-refractivity contribution < 1.29 is 0 Å². The Hall–Kier alpha value is -0.0400. The summed E-state index contributed by atoms with van der Waals surface area (Å²) < 4.78 is 0. The monoisotopic (exact) mass is 165 g/mol. The van der Waals surface area contributed by atoms with E-state index in [2.05, 4.69) is 5.32 Å². The van der Waals surface area contributed by atoms with Gasteiger partial charge in [-0.3, -0.25) is 0 Å². The highest BCUT2D eigenvalue weighted by Gasteiger charge is 2.39. The molecule has 0 amide bonds. The minimum atomic E-state index is 0.921. The maximum atomic E-state index is 3.77. The highest BCUT2D eigenvalue weighted by molar-refractivity contribution is 4.94. The lowest BCUT2D eigenvalue weighted by Gasteiger charge is -2.22. The fourth-order valence-corrected chi connectivity index (χ4v) is 3.13. The fraction of sp³-hybridized carbons (Fsp3) is 1.00. The van der Waals surface area contributed by atoms with Crippen molar-refractivity contribution in [2.45, 2.75) is 44.6 Å². The van der Waals surface area contributed by atoms with Crippen molar-refractivity contribution in [3.63, 3.8) is 0 Å². The molecule has 1 heteroatoms. The molecule has 3 aliphatic carbocycles. The van der Waals surface area contributed by atoms with Crippen LogP contribution in [0.1, 0.15) is 38.5 Å². The van der Waals surface area contributed by atoms with Crippen molar-refractivity contribution in [2.75, 3.05) is 6.54 Å². The van der Waals surface area contributed by atoms with E-state index in [1.807, 2.05) is 0 Å². The molecule has 2 bridgehead atoms. The van der Waals surface area contributed by atoms with E-state index in [0.29, 0.717) is 0 Å². The summed E-state index contributed by atoms with van der Waals surface area (Å²) >= 11 is 0. The smallest absolute Gasteiger partial charge is 0.00981 e. The molecule has 3 aliphatic rings. The van der Waals surface area contributed by atoms with E-state index in [0.717, 1.165) is 23.8 Å². The van der Waals surface area contributed by atoms with Crippen molar-refractivity contribution in [3.05, 3.63) is 0 Å². The van der Waals surface area contributed by atoms with Crippen LogP contribution >= 0.6 is 0 Å². The predicted molar refractivity (Wildman–Crippen MR) is 50.0 cm³/mol. The van der Waals surface area contributed by atoms with Gasteiger partial charge < -0.3 is 5.32 Å². The normalized spacial score (nSPS) is 45.5. The van der Waals surface area contributed by atoms with Gasteiger partial charge in [-0.05, 0) is 56.4 Å². The first kappa shape index (κ1) is 7.37. The van der Waals surface area contributed by atoms with Crippen LogP contribution in [0.15, 0.2) is 0 Å². The average molecular weight is 165 g/mol. The molecular weight excluding hydrogens is 146 g/mol. The number of rotatable bonds is 3. The summed E-state index contributed by atoms with van der Waals surface area (Å²) in [7, 11) is 0. The van der Waals surface area contributed by atoms with Gasteiger partial charge in [0.2, 0.25) is 0 Å². The Kier molecular flexibility index (Phi) is 1.68. The zero-order chi connectivity index (χ0) is 7.97. The zero-order valence-electron chi connectivity index (χ0n) is 7.76. The standard InChI is InChI=1S/C11H19N/c1-2-8(1)7-12-11-6-9-3-4-10(11)5-9/h8-12H,1-7H2/t9-,10-,11+/m0/s1. The summed E-state index contributed by atoms with van der Waals surface area (Å²) in [6.07, 6.45) is 9.08. The second-order valence-electron chi connectivity index (χ2n) is 5.13. The van der Waals surface area contributed by atoms with Crippen LogP contribution in [0.4, 0.5) is 0 Å². The first-order chi connectivity index (χ1) is 5.92. The number of hydrogen-bond donors (Lipinski definition) is 1. The van der Waals surface area contributed by atoms with Crippen molar-refractivity contribution in [1.29, 1.82) is 0 Å². The van der Waals surface area contributed by atoms with Crippen LogP contribution in [0, 0.1) is 17.8 Å². The lowest BCUT2D eigenvalue weighted by atomic mass is 9.95. The van der Waals surface area contributed by atoms with E-state index in [4.69, 9.17) is 0 Å². The Morgan fingerprint density at radius 3 is 2.50 bits per heavy atom. The third-order valence-electron chi connectivity index (χ3n) is 4.10. The Morgan fingerprint density at radius 2 is 1.92 bits per heavy atom. The molecule has 0 unspecified atom stereocenters.